The molecule has 2 rings (SSSR count). The van der Waals surface area contributed by atoms with Crippen LogP contribution in [0.4, 0.5) is 0 Å². The van der Waals surface area contributed by atoms with Crippen molar-refractivity contribution in [2.75, 3.05) is 0 Å². The molecule has 18 heavy (non-hydrogen) atoms. The van der Waals surface area contributed by atoms with E-state index in [1.807, 2.05) is 26.7 Å². The van der Waals surface area contributed by atoms with Crippen LogP contribution in [0.15, 0.2) is 40.3 Å². The summed E-state index contributed by atoms with van der Waals surface area (Å²) in [5.41, 5.74) is 2.53. The van der Waals surface area contributed by atoms with Crippen molar-refractivity contribution in [2.24, 2.45) is 0 Å². The van der Waals surface area contributed by atoms with Crippen LogP contribution in [0.3, 0.4) is 0 Å². The van der Waals surface area contributed by atoms with Gasteiger partial charge in [-0.2, -0.15) is 0 Å². The second kappa shape index (κ2) is 6.89. The third-order valence-electron chi connectivity index (χ3n) is 2.66. The van der Waals surface area contributed by atoms with Gasteiger partial charge in [0.2, 0.25) is 0 Å². The van der Waals surface area contributed by atoms with Gasteiger partial charge in [-0.05, 0) is 53.5 Å². The SMILES string of the molecule is C/C=C(\C)C(C)SSSc1nc2ccccc2s1. The van der Waals surface area contributed by atoms with Gasteiger partial charge in [0.25, 0.3) is 0 Å². The molecule has 1 unspecified atom stereocenters. The molecule has 0 spiro atoms. The highest BCUT2D eigenvalue weighted by Gasteiger charge is 2.08. The second-order valence-electron chi connectivity index (χ2n) is 3.87. The maximum absolute atomic E-state index is 4.61. The largest absolute Gasteiger partial charge is 0.229 e. The van der Waals surface area contributed by atoms with Gasteiger partial charge >= 0.3 is 0 Å². The molecule has 0 fully saturated rings. The first-order valence-corrected chi connectivity index (χ1v) is 10.1. The van der Waals surface area contributed by atoms with Crippen LogP contribution in [0.1, 0.15) is 20.8 Å². The Bertz CT molecular complexity index is 514. The number of thiazole rings is 1. The maximum Gasteiger partial charge on any atom is 0.162 e. The minimum Gasteiger partial charge on any atom is -0.229 e. The molecule has 0 radical (unpaired) electrons. The Morgan fingerprint density at radius 3 is 2.89 bits per heavy atom. The number of hydrogen-bond acceptors (Lipinski definition) is 5. The van der Waals surface area contributed by atoms with E-state index in [9.17, 15) is 0 Å². The van der Waals surface area contributed by atoms with E-state index < -0.39 is 0 Å². The molecule has 0 amide bonds. The lowest BCUT2D eigenvalue weighted by Crippen LogP contribution is -1.93. The van der Waals surface area contributed by atoms with Crippen LogP contribution in [0, 0.1) is 0 Å². The minimum atomic E-state index is 0.557. The fourth-order valence-electron chi connectivity index (χ4n) is 1.30. The molecule has 0 aliphatic heterocycles. The van der Waals surface area contributed by atoms with E-state index >= 15 is 0 Å². The van der Waals surface area contributed by atoms with Crippen molar-refractivity contribution in [3.8, 4) is 0 Å². The van der Waals surface area contributed by atoms with Gasteiger partial charge < -0.3 is 0 Å². The molecule has 1 atom stereocenters. The van der Waals surface area contributed by atoms with Gasteiger partial charge in [0, 0.05) is 5.25 Å². The van der Waals surface area contributed by atoms with Crippen LogP contribution in [0.5, 0.6) is 0 Å². The second-order valence-corrected chi connectivity index (χ2v) is 9.46. The Kier molecular flexibility index (Phi) is 5.48. The molecule has 5 heteroatoms. The van der Waals surface area contributed by atoms with Crippen LogP contribution >= 0.6 is 42.8 Å². The van der Waals surface area contributed by atoms with Crippen molar-refractivity contribution in [3.63, 3.8) is 0 Å². The monoisotopic (exact) mass is 313 g/mol. The zero-order chi connectivity index (χ0) is 13.0. The van der Waals surface area contributed by atoms with Gasteiger partial charge in [0.1, 0.15) is 0 Å². The van der Waals surface area contributed by atoms with Crippen LogP contribution in [-0.2, 0) is 0 Å². The first-order valence-electron chi connectivity index (χ1n) is 5.69. The number of para-hydroxylation sites is 1. The summed E-state index contributed by atoms with van der Waals surface area (Å²) in [6, 6.07) is 8.30. The summed E-state index contributed by atoms with van der Waals surface area (Å²) in [6.45, 7) is 6.52. The highest BCUT2D eigenvalue weighted by Crippen LogP contribution is 2.45. The molecule has 1 aromatic heterocycles. The standard InChI is InChI=1S/C13H15NS4/c1-4-9(2)10(3)16-18-17-13-14-11-7-5-6-8-12(11)15-13/h4-8,10H,1-3H3/b9-4+. The molecule has 96 valence electrons. The van der Waals surface area contributed by atoms with Crippen molar-refractivity contribution in [1.82, 2.24) is 4.98 Å². The molecule has 1 heterocycles. The molecule has 1 aromatic carbocycles. The molecule has 2 aromatic rings. The van der Waals surface area contributed by atoms with Gasteiger partial charge in [-0.3, -0.25) is 0 Å². The average molecular weight is 314 g/mol. The highest BCUT2D eigenvalue weighted by atomic mass is 33.5. The van der Waals surface area contributed by atoms with Crippen LogP contribution in [0.25, 0.3) is 10.2 Å². The quantitative estimate of drug-likeness (QED) is 0.493. The normalized spacial score (nSPS) is 14.1. The van der Waals surface area contributed by atoms with Crippen LogP contribution in [0.2, 0.25) is 0 Å². The number of nitrogens with zero attached hydrogens (tertiary/aromatic N) is 1. The van der Waals surface area contributed by atoms with E-state index in [1.165, 1.54) is 10.3 Å². The lowest BCUT2D eigenvalue weighted by molar-refractivity contribution is 1.12. The van der Waals surface area contributed by atoms with E-state index in [-0.39, 0.29) is 0 Å². The molecular formula is C13H15NS4. The smallest absolute Gasteiger partial charge is 0.162 e. The Morgan fingerprint density at radius 1 is 1.39 bits per heavy atom. The highest BCUT2D eigenvalue weighted by molar-refractivity contribution is 9.09. The Labute approximate surface area is 124 Å². The van der Waals surface area contributed by atoms with Crippen LogP contribution in [-0.4, -0.2) is 10.2 Å². The van der Waals surface area contributed by atoms with Crippen molar-refractivity contribution >= 4 is 53.0 Å². The number of benzene rings is 1. The molecular weight excluding hydrogens is 298 g/mol. The lowest BCUT2D eigenvalue weighted by Gasteiger charge is -2.08. The van der Waals surface area contributed by atoms with E-state index in [0.29, 0.717) is 5.25 Å². The first kappa shape index (κ1) is 14.3. The average Bonchev–Trinajstić information content (AvgIpc) is 2.80. The molecule has 0 bridgehead atoms. The topological polar surface area (TPSA) is 12.9 Å². The summed E-state index contributed by atoms with van der Waals surface area (Å²) in [5, 5.41) is 0.557. The molecule has 0 saturated carbocycles. The number of allylic oxidation sites excluding steroid dienone is 1. The van der Waals surface area contributed by atoms with Gasteiger partial charge in [-0.25, -0.2) is 4.98 Å². The van der Waals surface area contributed by atoms with Crippen molar-refractivity contribution < 1.29 is 0 Å². The predicted octanol–water partition coefficient (Wildman–Crippen LogP) is 6.04. The Balaban J connectivity index is 1.90. The molecule has 0 aliphatic carbocycles. The zero-order valence-electron chi connectivity index (χ0n) is 10.5. The summed E-state index contributed by atoms with van der Waals surface area (Å²) < 4.78 is 2.40. The summed E-state index contributed by atoms with van der Waals surface area (Å²) in [7, 11) is 5.47. The molecule has 0 saturated heterocycles. The molecule has 0 aliphatic rings. The number of aromatic nitrogens is 1. The van der Waals surface area contributed by atoms with Gasteiger partial charge in [-0.1, -0.05) is 34.6 Å². The van der Waals surface area contributed by atoms with E-state index in [1.54, 1.807) is 22.1 Å². The van der Waals surface area contributed by atoms with Crippen molar-refractivity contribution in [3.05, 3.63) is 35.9 Å². The molecule has 0 N–H and O–H groups in total. The fraction of sp³-hybridized carbons (Fsp3) is 0.308. The van der Waals surface area contributed by atoms with Crippen molar-refractivity contribution in [1.29, 1.82) is 0 Å². The summed E-state index contributed by atoms with van der Waals surface area (Å²) in [5.74, 6) is 0. The fourth-order valence-corrected chi connectivity index (χ4v) is 7.25. The van der Waals surface area contributed by atoms with E-state index in [4.69, 9.17) is 0 Å². The van der Waals surface area contributed by atoms with Gasteiger partial charge in [0.05, 0.1) is 10.2 Å². The molecule has 1 nitrogen and oxygen atoms in total. The van der Waals surface area contributed by atoms with E-state index in [0.717, 1.165) is 9.86 Å². The minimum absolute atomic E-state index is 0.557. The zero-order valence-corrected chi connectivity index (χ0v) is 13.8. The van der Waals surface area contributed by atoms with Gasteiger partial charge in [-0.15, -0.1) is 11.3 Å². The van der Waals surface area contributed by atoms with Gasteiger partial charge in [0.15, 0.2) is 4.34 Å². The predicted molar refractivity (Wildman–Crippen MR) is 89.6 cm³/mol. The summed E-state index contributed by atoms with van der Waals surface area (Å²) >= 11 is 1.77. The summed E-state index contributed by atoms with van der Waals surface area (Å²) in [4.78, 5) is 4.61. The Morgan fingerprint density at radius 2 is 2.17 bits per heavy atom. The van der Waals surface area contributed by atoms with E-state index in [2.05, 4.69) is 50.0 Å². The number of rotatable bonds is 5. The first-order chi connectivity index (χ1) is 8.70. The summed E-state index contributed by atoms with van der Waals surface area (Å²) in [6.07, 6.45) is 2.18. The third-order valence-corrected chi connectivity index (χ3v) is 8.45. The van der Waals surface area contributed by atoms with Crippen molar-refractivity contribution in [2.45, 2.75) is 30.4 Å². The number of fused-ring (bicyclic) bond motifs is 1. The number of hydrogen-bond donors (Lipinski definition) is 0. The van der Waals surface area contributed by atoms with Crippen LogP contribution < -0.4 is 0 Å². The lowest BCUT2D eigenvalue weighted by atomic mass is 10.2. The maximum atomic E-state index is 4.61. The Hall–Kier alpha value is -0.100. The third kappa shape index (κ3) is 3.70.